The van der Waals surface area contributed by atoms with Crippen LogP contribution in [-0.2, 0) is 11.3 Å². The maximum Gasteiger partial charge on any atom is 0.336 e. The van der Waals surface area contributed by atoms with Crippen molar-refractivity contribution in [1.29, 1.82) is 0 Å². The largest absolute Gasteiger partial charge is 0.506 e. The number of ether oxygens (including phenoxy) is 1. The van der Waals surface area contributed by atoms with Gasteiger partial charge in [0.15, 0.2) is 5.58 Å². The van der Waals surface area contributed by atoms with Crippen LogP contribution in [0.2, 0.25) is 5.02 Å². The van der Waals surface area contributed by atoms with E-state index in [0.29, 0.717) is 19.8 Å². The van der Waals surface area contributed by atoms with E-state index in [1.165, 1.54) is 6.07 Å². The van der Waals surface area contributed by atoms with Crippen molar-refractivity contribution in [3.05, 3.63) is 38.7 Å². The van der Waals surface area contributed by atoms with Gasteiger partial charge in [0.1, 0.15) is 10.8 Å². The summed E-state index contributed by atoms with van der Waals surface area (Å²) in [6, 6.07) is 3.26. The summed E-state index contributed by atoms with van der Waals surface area (Å²) in [6.45, 7) is 5.43. The average Bonchev–Trinajstić information content (AvgIpc) is 2.47. The van der Waals surface area contributed by atoms with E-state index >= 15 is 0 Å². The Balaban J connectivity index is 2.06. The molecule has 2 heterocycles. The molecule has 0 atom stereocenters. The van der Waals surface area contributed by atoms with Crippen molar-refractivity contribution in [1.82, 2.24) is 4.90 Å². The van der Waals surface area contributed by atoms with Gasteiger partial charge in [0.05, 0.1) is 13.2 Å². The number of aryl methyl sites for hydroxylation is 1. The van der Waals surface area contributed by atoms with Crippen molar-refractivity contribution in [2.75, 3.05) is 26.3 Å². The van der Waals surface area contributed by atoms with Gasteiger partial charge in [0, 0.05) is 36.7 Å². The van der Waals surface area contributed by atoms with Crippen LogP contribution >= 0.6 is 11.6 Å². The Bertz CT molecular complexity index is 735. The summed E-state index contributed by atoms with van der Waals surface area (Å²) in [4.78, 5) is 13.6. The minimum Gasteiger partial charge on any atom is -0.506 e. The minimum absolute atomic E-state index is 0.0237. The molecule has 5 nitrogen and oxygen atoms in total. The minimum atomic E-state index is -0.470. The number of hydrogen-bond acceptors (Lipinski definition) is 5. The molecule has 1 N–H and O–H groups in total. The van der Waals surface area contributed by atoms with Crippen LogP contribution < -0.4 is 5.63 Å². The Morgan fingerprint density at radius 3 is 2.76 bits per heavy atom. The van der Waals surface area contributed by atoms with E-state index in [2.05, 4.69) is 4.90 Å². The van der Waals surface area contributed by atoms with Crippen LogP contribution in [0.4, 0.5) is 0 Å². The van der Waals surface area contributed by atoms with Crippen LogP contribution in [0, 0.1) is 6.92 Å². The topological polar surface area (TPSA) is 62.9 Å². The van der Waals surface area contributed by atoms with Gasteiger partial charge in [0.25, 0.3) is 0 Å². The van der Waals surface area contributed by atoms with E-state index < -0.39 is 5.63 Å². The first-order chi connectivity index (χ1) is 10.1. The number of rotatable bonds is 2. The highest BCUT2D eigenvalue weighted by Crippen LogP contribution is 2.36. The van der Waals surface area contributed by atoms with Gasteiger partial charge in [-0.2, -0.15) is 0 Å². The molecule has 0 spiro atoms. The second kappa shape index (κ2) is 5.67. The lowest BCUT2D eigenvalue weighted by molar-refractivity contribution is 0.0339. The van der Waals surface area contributed by atoms with Gasteiger partial charge in [-0.1, -0.05) is 11.6 Å². The van der Waals surface area contributed by atoms with Gasteiger partial charge in [-0.25, -0.2) is 4.79 Å². The normalized spacial score (nSPS) is 16.5. The zero-order valence-electron chi connectivity index (χ0n) is 11.7. The molecule has 1 aromatic heterocycles. The summed E-state index contributed by atoms with van der Waals surface area (Å²) in [5.41, 5.74) is 1.28. The number of fused-ring (bicyclic) bond motifs is 1. The summed E-state index contributed by atoms with van der Waals surface area (Å²) < 4.78 is 10.4. The van der Waals surface area contributed by atoms with Crippen LogP contribution in [0.15, 0.2) is 21.3 Å². The molecule has 0 aliphatic carbocycles. The molecule has 2 aromatic rings. The van der Waals surface area contributed by atoms with Gasteiger partial charge in [0.2, 0.25) is 0 Å². The number of aromatic hydroxyl groups is 1. The highest BCUT2D eigenvalue weighted by Gasteiger charge is 2.18. The zero-order valence-corrected chi connectivity index (χ0v) is 12.4. The number of hydrogen-bond donors (Lipinski definition) is 1. The third-order valence-electron chi connectivity index (χ3n) is 3.73. The number of nitrogens with zero attached hydrogens (tertiary/aromatic N) is 1. The van der Waals surface area contributed by atoms with Crippen LogP contribution in [0.1, 0.15) is 11.1 Å². The quantitative estimate of drug-likeness (QED) is 0.862. The van der Waals surface area contributed by atoms with E-state index in [0.717, 1.165) is 29.6 Å². The Morgan fingerprint density at radius 1 is 1.33 bits per heavy atom. The summed E-state index contributed by atoms with van der Waals surface area (Å²) in [6.07, 6.45) is 0. The molecule has 0 unspecified atom stereocenters. The van der Waals surface area contributed by atoms with Crippen molar-refractivity contribution in [3.8, 4) is 5.75 Å². The third-order valence-corrected chi connectivity index (χ3v) is 4.08. The van der Waals surface area contributed by atoms with Crippen molar-refractivity contribution >= 4 is 22.6 Å². The monoisotopic (exact) mass is 309 g/mol. The molecule has 6 heteroatoms. The van der Waals surface area contributed by atoms with E-state index in [9.17, 15) is 9.90 Å². The highest BCUT2D eigenvalue weighted by atomic mass is 35.5. The summed E-state index contributed by atoms with van der Waals surface area (Å²) >= 11 is 6.17. The first-order valence-electron chi connectivity index (χ1n) is 6.81. The van der Waals surface area contributed by atoms with Gasteiger partial charge in [-0.3, -0.25) is 4.90 Å². The predicted octanol–water partition coefficient (Wildman–Crippen LogP) is 2.29. The Kier molecular flexibility index (Phi) is 3.89. The van der Waals surface area contributed by atoms with Crippen molar-refractivity contribution in [2.45, 2.75) is 13.5 Å². The first-order valence-corrected chi connectivity index (χ1v) is 7.19. The Hall–Kier alpha value is -1.56. The molecule has 3 rings (SSSR count). The molecular weight excluding hydrogens is 294 g/mol. The summed E-state index contributed by atoms with van der Waals surface area (Å²) in [7, 11) is 0. The van der Waals surface area contributed by atoms with Gasteiger partial charge >= 0.3 is 5.63 Å². The maximum atomic E-state index is 11.4. The molecule has 21 heavy (non-hydrogen) atoms. The maximum absolute atomic E-state index is 11.4. The fraction of sp³-hybridized carbons (Fsp3) is 0.400. The number of halogens is 1. The number of phenols is 1. The fourth-order valence-electron chi connectivity index (χ4n) is 2.57. The van der Waals surface area contributed by atoms with Gasteiger partial charge in [-0.15, -0.1) is 0 Å². The first kappa shape index (κ1) is 14.4. The van der Waals surface area contributed by atoms with Gasteiger partial charge < -0.3 is 14.3 Å². The lowest BCUT2D eigenvalue weighted by atomic mass is 10.1. The number of phenolic OH excluding ortho intramolecular Hbond substituents is 1. The molecule has 0 radical (unpaired) electrons. The van der Waals surface area contributed by atoms with Crippen LogP contribution in [0.3, 0.4) is 0 Å². The molecule has 0 bridgehead atoms. The van der Waals surface area contributed by atoms with Crippen LogP contribution in [0.5, 0.6) is 5.75 Å². The van der Waals surface area contributed by atoms with Crippen LogP contribution in [-0.4, -0.2) is 36.3 Å². The fourth-order valence-corrected chi connectivity index (χ4v) is 2.83. The summed E-state index contributed by atoms with van der Waals surface area (Å²) in [5, 5.41) is 11.1. The SMILES string of the molecule is Cc1cc(=O)oc2c(Cl)c(O)c(CN3CCOCC3)cc12. The Labute approximate surface area is 126 Å². The smallest absolute Gasteiger partial charge is 0.336 e. The molecule has 1 aromatic carbocycles. The Morgan fingerprint density at radius 2 is 2.05 bits per heavy atom. The lowest BCUT2D eigenvalue weighted by Crippen LogP contribution is -2.35. The third kappa shape index (κ3) is 2.77. The van der Waals surface area contributed by atoms with Crippen molar-refractivity contribution in [2.24, 2.45) is 0 Å². The molecule has 1 fully saturated rings. The van der Waals surface area contributed by atoms with Gasteiger partial charge in [-0.05, 0) is 18.6 Å². The lowest BCUT2D eigenvalue weighted by Gasteiger charge is -2.27. The average molecular weight is 310 g/mol. The van der Waals surface area contributed by atoms with Crippen LogP contribution in [0.25, 0.3) is 11.0 Å². The molecule has 0 saturated carbocycles. The van der Waals surface area contributed by atoms with E-state index in [1.54, 1.807) is 0 Å². The molecular formula is C15H16ClNO4. The molecule has 1 aliphatic heterocycles. The van der Waals surface area contributed by atoms with Crippen molar-refractivity contribution in [3.63, 3.8) is 0 Å². The molecule has 112 valence electrons. The second-order valence-corrected chi connectivity index (χ2v) is 5.59. The van der Waals surface area contributed by atoms with E-state index in [1.807, 2.05) is 13.0 Å². The number of benzene rings is 1. The molecule has 1 saturated heterocycles. The van der Waals surface area contributed by atoms with E-state index in [4.69, 9.17) is 20.8 Å². The zero-order chi connectivity index (χ0) is 15.0. The predicted molar refractivity (Wildman–Crippen MR) is 80.0 cm³/mol. The molecule has 0 amide bonds. The molecule has 1 aliphatic rings. The summed E-state index contributed by atoms with van der Waals surface area (Å²) in [5.74, 6) is -0.0237. The number of morpholine rings is 1. The second-order valence-electron chi connectivity index (χ2n) is 5.21. The van der Waals surface area contributed by atoms with E-state index in [-0.39, 0.29) is 16.4 Å². The highest BCUT2D eigenvalue weighted by molar-refractivity contribution is 6.36. The van der Waals surface area contributed by atoms with Crippen molar-refractivity contribution < 1.29 is 14.3 Å². The standard InChI is InChI=1S/C15H16ClNO4/c1-9-6-12(18)21-15-11(9)7-10(14(19)13(15)16)8-17-2-4-20-5-3-17/h6-7,19H,2-5,8H2,1H3.